The normalized spacial score (nSPS) is 32.6. The molecule has 3 rings (SSSR count). The van der Waals surface area contributed by atoms with Gasteiger partial charge in [0.1, 0.15) is 5.84 Å². The Bertz CT molecular complexity index is 356. The van der Waals surface area contributed by atoms with Gasteiger partial charge in [0.05, 0.1) is 25.2 Å². The molecule has 2 saturated heterocycles. The van der Waals surface area contributed by atoms with E-state index in [4.69, 9.17) is 9.73 Å². The summed E-state index contributed by atoms with van der Waals surface area (Å²) in [5.41, 5.74) is 1.59. The van der Waals surface area contributed by atoms with Crippen molar-refractivity contribution in [2.24, 2.45) is 10.9 Å². The van der Waals surface area contributed by atoms with Crippen molar-refractivity contribution in [3.8, 4) is 0 Å². The van der Waals surface area contributed by atoms with Gasteiger partial charge >= 0.3 is 0 Å². The molecule has 18 heavy (non-hydrogen) atoms. The van der Waals surface area contributed by atoms with Crippen molar-refractivity contribution >= 4 is 5.84 Å². The minimum atomic E-state index is 0.409. The second-order valence-corrected chi connectivity index (χ2v) is 5.63. The molecule has 3 nitrogen and oxygen atoms in total. The number of hydrogen-bond donors (Lipinski definition) is 0. The van der Waals surface area contributed by atoms with Crippen LogP contribution in [0.1, 0.15) is 39.0 Å². The standard InChI is InChI=1S/C15H24N2O/c1-2-13-10-12-6-9-18-11-14(12)15(16-13)17-7-4-3-5-8-17/h10,13-14H,2-9,11H2,1H3. The van der Waals surface area contributed by atoms with Crippen LogP contribution in [0.4, 0.5) is 0 Å². The first kappa shape index (κ1) is 12.2. The van der Waals surface area contributed by atoms with Gasteiger partial charge in [0, 0.05) is 13.1 Å². The third-order valence-corrected chi connectivity index (χ3v) is 4.38. The molecule has 100 valence electrons. The van der Waals surface area contributed by atoms with Crippen LogP contribution in [0.15, 0.2) is 16.6 Å². The summed E-state index contributed by atoms with van der Waals surface area (Å²) in [5, 5.41) is 0. The molecule has 0 aromatic heterocycles. The summed E-state index contributed by atoms with van der Waals surface area (Å²) in [6, 6.07) is 0.409. The number of piperidine rings is 1. The zero-order chi connectivity index (χ0) is 12.4. The number of ether oxygens (including phenoxy) is 1. The van der Waals surface area contributed by atoms with Crippen molar-refractivity contribution < 1.29 is 4.74 Å². The molecule has 0 aromatic carbocycles. The van der Waals surface area contributed by atoms with Crippen molar-refractivity contribution in [2.75, 3.05) is 26.3 Å². The highest BCUT2D eigenvalue weighted by atomic mass is 16.5. The van der Waals surface area contributed by atoms with E-state index in [0.717, 1.165) is 26.1 Å². The Balaban J connectivity index is 1.82. The summed E-state index contributed by atoms with van der Waals surface area (Å²) in [5.74, 6) is 1.79. The molecular weight excluding hydrogens is 224 g/mol. The lowest BCUT2D eigenvalue weighted by atomic mass is 9.88. The van der Waals surface area contributed by atoms with Crippen LogP contribution >= 0.6 is 0 Å². The summed E-state index contributed by atoms with van der Waals surface area (Å²) in [7, 11) is 0. The lowest BCUT2D eigenvalue weighted by molar-refractivity contribution is 0.0968. The average molecular weight is 248 g/mol. The summed E-state index contributed by atoms with van der Waals surface area (Å²) < 4.78 is 5.68. The maximum absolute atomic E-state index is 5.68. The Kier molecular flexibility index (Phi) is 3.69. The molecule has 0 radical (unpaired) electrons. The monoisotopic (exact) mass is 248 g/mol. The van der Waals surface area contributed by atoms with Crippen LogP contribution in [-0.4, -0.2) is 43.1 Å². The molecule has 3 heterocycles. The van der Waals surface area contributed by atoms with Gasteiger partial charge in [-0.1, -0.05) is 18.6 Å². The van der Waals surface area contributed by atoms with Crippen LogP contribution in [0.5, 0.6) is 0 Å². The predicted octanol–water partition coefficient (Wildman–Crippen LogP) is 2.63. The fraction of sp³-hybridized carbons (Fsp3) is 0.800. The van der Waals surface area contributed by atoms with E-state index in [9.17, 15) is 0 Å². The highest BCUT2D eigenvalue weighted by Gasteiger charge is 2.32. The lowest BCUT2D eigenvalue weighted by Crippen LogP contribution is -2.45. The third kappa shape index (κ3) is 2.33. The smallest absolute Gasteiger partial charge is 0.109 e. The Morgan fingerprint density at radius 2 is 2.17 bits per heavy atom. The maximum Gasteiger partial charge on any atom is 0.109 e. The largest absolute Gasteiger partial charge is 0.380 e. The summed E-state index contributed by atoms with van der Waals surface area (Å²) in [6.45, 7) is 6.36. The highest BCUT2D eigenvalue weighted by Crippen LogP contribution is 2.30. The van der Waals surface area contributed by atoms with Crippen LogP contribution in [0.2, 0.25) is 0 Å². The number of rotatable bonds is 1. The Morgan fingerprint density at radius 1 is 1.33 bits per heavy atom. The summed E-state index contributed by atoms with van der Waals surface area (Å²) in [6.07, 6.45) is 8.65. The molecule has 3 aliphatic rings. The molecule has 3 heteroatoms. The molecule has 0 spiro atoms. The molecule has 0 N–H and O–H groups in total. The molecule has 0 bridgehead atoms. The van der Waals surface area contributed by atoms with Gasteiger partial charge in [-0.2, -0.15) is 0 Å². The average Bonchev–Trinajstić information content (AvgIpc) is 2.47. The Morgan fingerprint density at radius 3 is 2.94 bits per heavy atom. The molecule has 2 fully saturated rings. The number of hydrogen-bond acceptors (Lipinski definition) is 3. The first-order chi connectivity index (χ1) is 8.88. The Hall–Kier alpha value is -0.830. The van der Waals surface area contributed by atoms with E-state index in [1.165, 1.54) is 38.2 Å². The number of aliphatic imine (C=N–C) groups is 1. The van der Waals surface area contributed by atoms with Gasteiger partial charge in [-0.05, 0) is 32.1 Å². The molecule has 0 saturated carbocycles. The van der Waals surface area contributed by atoms with E-state index >= 15 is 0 Å². The summed E-state index contributed by atoms with van der Waals surface area (Å²) >= 11 is 0. The molecule has 2 atom stereocenters. The highest BCUT2D eigenvalue weighted by molar-refractivity contribution is 5.88. The van der Waals surface area contributed by atoms with Gasteiger partial charge in [0.2, 0.25) is 0 Å². The molecule has 0 aliphatic carbocycles. The number of nitrogens with zero attached hydrogens (tertiary/aromatic N) is 2. The number of amidine groups is 1. The lowest BCUT2D eigenvalue weighted by Gasteiger charge is -2.39. The van der Waals surface area contributed by atoms with E-state index in [-0.39, 0.29) is 0 Å². The van der Waals surface area contributed by atoms with Crippen LogP contribution < -0.4 is 0 Å². The topological polar surface area (TPSA) is 24.8 Å². The third-order valence-electron chi connectivity index (χ3n) is 4.38. The molecule has 0 amide bonds. The van der Waals surface area contributed by atoms with Crippen molar-refractivity contribution in [2.45, 2.75) is 45.1 Å². The predicted molar refractivity (Wildman–Crippen MR) is 73.9 cm³/mol. The van der Waals surface area contributed by atoms with Crippen LogP contribution in [0.25, 0.3) is 0 Å². The summed E-state index contributed by atoms with van der Waals surface area (Å²) in [4.78, 5) is 7.52. The van der Waals surface area contributed by atoms with Gasteiger partial charge in [0.25, 0.3) is 0 Å². The van der Waals surface area contributed by atoms with Crippen molar-refractivity contribution in [1.29, 1.82) is 0 Å². The van der Waals surface area contributed by atoms with Gasteiger partial charge < -0.3 is 9.64 Å². The van der Waals surface area contributed by atoms with Crippen molar-refractivity contribution in [3.05, 3.63) is 11.6 Å². The second-order valence-electron chi connectivity index (χ2n) is 5.63. The van der Waals surface area contributed by atoms with Gasteiger partial charge in [0.15, 0.2) is 0 Å². The Labute approximate surface area is 110 Å². The van der Waals surface area contributed by atoms with Gasteiger partial charge in [-0.3, -0.25) is 4.99 Å². The minimum Gasteiger partial charge on any atom is -0.380 e. The van der Waals surface area contributed by atoms with E-state index in [0.29, 0.717) is 12.0 Å². The van der Waals surface area contributed by atoms with Crippen molar-refractivity contribution in [1.82, 2.24) is 4.90 Å². The van der Waals surface area contributed by atoms with Gasteiger partial charge in [-0.15, -0.1) is 0 Å². The SMILES string of the molecule is CCC1C=C2CCOCC2C(N2CCCCC2)=N1. The quantitative estimate of drug-likeness (QED) is 0.666. The zero-order valence-corrected chi connectivity index (χ0v) is 11.4. The molecule has 2 unspecified atom stereocenters. The fourth-order valence-corrected chi connectivity index (χ4v) is 3.29. The second kappa shape index (κ2) is 5.43. The zero-order valence-electron chi connectivity index (χ0n) is 11.4. The fourth-order valence-electron chi connectivity index (χ4n) is 3.29. The molecular formula is C15H24N2O. The van der Waals surface area contributed by atoms with E-state index in [1.54, 1.807) is 5.57 Å². The minimum absolute atomic E-state index is 0.409. The van der Waals surface area contributed by atoms with E-state index in [2.05, 4.69) is 17.9 Å². The number of dihydropyridines is 1. The van der Waals surface area contributed by atoms with Crippen LogP contribution in [0.3, 0.4) is 0 Å². The van der Waals surface area contributed by atoms with Crippen LogP contribution in [-0.2, 0) is 4.74 Å². The van der Waals surface area contributed by atoms with Crippen molar-refractivity contribution in [3.63, 3.8) is 0 Å². The number of fused-ring (bicyclic) bond motifs is 1. The van der Waals surface area contributed by atoms with Gasteiger partial charge in [-0.25, -0.2) is 0 Å². The van der Waals surface area contributed by atoms with Crippen LogP contribution in [0, 0.1) is 5.92 Å². The van der Waals surface area contributed by atoms with E-state index < -0.39 is 0 Å². The first-order valence-electron chi connectivity index (χ1n) is 7.49. The first-order valence-corrected chi connectivity index (χ1v) is 7.49. The molecule has 0 aromatic rings. The maximum atomic E-state index is 5.68. The number of likely N-dealkylation sites (tertiary alicyclic amines) is 1. The van der Waals surface area contributed by atoms with E-state index in [1.807, 2.05) is 0 Å². The molecule has 3 aliphatic heterocycles.